The Hall–Kier alpha value is -2.01. The molecule has 1 atom stereocenters. The average Bonchev–Trinajstić information content (AvgIpc) is 2.98. The number of aryl methyl sites for hydroxylation is 1. The Morgan fingerprint density at radius 1 is 1.17 bits per heavy atom. The second kappa shape index (κ2) is 7.51. The van der Waals surface area contributed by atoms with Crippen LogP contribution in [0.1, 0.15) is 45.9 Å². The fourth-order valence-electron chi connectivity index (χ4n) is 2.34. The molecule has 0 aliphatic heterocycles. The van der Waals surface area contributed by atoms with Crippen LogP contribution in [0.15, 0.2) is 36.4 Å². The molecule has 0 N–H and O–H groups in total. The van der Waals surface area contributed by atoms with E-state index in [1.807, 2.05) is 13.0 Å². The summed E-state index contributed by atoms with van der Waals surface area (Å²) in [5.74, 6) is -0.518. The lowest BCUT2D eigenvalue weighted by Gasteiger charge is -2.25. The molecule has 2 aromatic rings. The molecule has 0 saturated heterocycles. The van der Waals surface area contributed by atoms with E-state index >= 15 is 0 Å². The minimum Gasteiger partial charge on any atom is -0.339 e. The van der Waals surface area contributed by atoms with Crippen LogP contribution in [0.5, 0.6) is 0 Å². The van der Waals surface area contributed by atoms with Gasteiger partial charge in [0.05, 0.1) is 10.9 Å². The van der Waals surface area contributed by atoms with Crippen molar-refractivity contribution in [2.75, 3.05) is 7.05 Å². The second-order valence-electron chi connectivity index (χ2n) is 5.54. The van der Waals surface area contributed by atoms with Crippen LogP contribution in [0.3, 0.4) is 0 Å². The fourth-order valence-corrected chi connectivity index (χ4v) is 3.18. The Labute approximate surface area is 139 Å². The van der Waals surface area contributed by atoms with Gasteiger partial charge in [-0.1, -0.05) is 18.2 Å². The van der Waals surface area contributed by atoms with Crippen molar-refractivity contribution >= 4 is 23.0 Å². The summed E-state index contributed by atoms with van der Waals surface area (Å²) in [6.07, 6.45) is 0.304. The fraction of sp³-hybridized carbons (Fsp3) is 0.333. The Morgan fingerprint density at radius 3 is 2.48 bits per heavy atom. The molecule has 0 radical (unpaired) electrons. The number of carbonyl (C=O) groups excluding carboxylic acids is 2. The summed E-state index contributed by atoms with van der Waals surface area (Å²) in [5.41, 5.74) is 0.476. The molecule has 0 saturated carbocycles. The summed E-state index contributed by atoms with van der Waals surface area (Å²) in [7, 11) is 1.64. The quantitative estimate of drug-likeness (QED) is 0.736. The molecule has 122 valence electrons. The van der Waals surface area contributed by atoms with E-state index < -0.39 is 0 Å². The topological polar surface area (TPSA) is 37.4 Å². The predicted molar refractivity (Wildman–Crippen MR) is 90.2 cm³/mol. The number of hydrogen-bond donors (Lipinski definition) is 0. The number of hydrogen-bond acceptors (Lipinski definition) is 3. The third-order valence-electron chi connectivity index (χ3n) is 3.91. The van der Waals surface area contributed by atoms with Gasteiger partial charge in [0.2, 0.25) is 5.91 Å². The summed E-state index contributed by atoms with van der Waals surface area (Å²) in [5, 5.41) is 0. The molecule has 1 unspecified atom stereocenters. The predicted octanol–water partition coefficient (Wildman–Crippen LogP) is 4.38. The number of carbonyl (C=O) groups is 2. The van der Waals surface area contributed by atoms with Gasteiger partial charge in [-0.25, -0.2) is 4.39 Å². The normalized spacial score (nSPS) is 12.0. The molecule has 0 aliphatic carbocycles. The van der Waals surface area contributed by atoms with E-state index in [2.05, 4.69) is 0 Å². The van der Waals surface area contributed by atoms with Crippen LogP contribution in [-0.2, 0) is 4.79 Å². The highest BCUT2D eigenvalue weighted by Gasteiger charge is 2.20. The molecule has 1 aromatic heterocycles. The first-order valence-corrected chi connectivity index (χ1v) is 8.31. The maximum absolute atomic E-state index is 13.8. The van der Waals surface area contributed by atoms with Crippen molar-refractivity contribution in [3.63, 3.8) is 0 Å². The van der Waals surface area contributed by atoms with Crippen molar-refractivity contribution in [1.82, 2.24) is 4.90 Å². The Bertz CT molecular complexity index is 711. The molecule has 5 heteroatoms. The summed E-state index contributed by atoms with van der Waals surface area (Å²) in [6, 6.07) is 9.73. The number of Topliss-reactive ketones (excluding diaryl/α,β-unsaturated/α-hetero) is 1. The number of benzene rings is 1. The van der Waals surface area contributed by atoms with Gasteiger partial charge in [-0.05, 0) is 32.0 Å². The Kier molecular flexibility index (Phi) is 5.66. The lowest BCUT2D eigenvalue weighted by Crippen LogP contribution is -2.30. The van der Waals surface area contributed by atoms with Crippen LogP contribution in [0.4, 0.5) is 4.39 Å². The van der Waals surface area contributed by atoms with Crippen LogP contribution >= 0.6 is 11.3 Å². The molecule has 3 nitrogen and oxygen atoms in total. The summed E-state index contributed by atoms with van der Waals surface area (Å²) < 4.78 is 13.8. The Morgan fingerprint density at radius 2 is 1.87 bits per heavy atom. The van der Waals surface area contributed by atoms with Crippen molar-refractivity contribution in [2.24, 2.45) is 0 Å². The monoisotopic (exact) mass is 333 g/mol. The average molecular weight is 333 g/mol. The van der Waals surface area contributed by atoms with Crippen molar-refractivity contribution in [3.05, 3.63) is 57.5 Å². The molecule has 1 amide bonds. The van der Waals surface area contributed by atoms with E-state index in [0.717, 1.165) is 4.88 Å². The van der Waals surface area contributed by atoms with Crippen molar-refractivity contribution < 1.29 is 14.0 Å². The van der Waals surface area contributed by atoms with E-state index in [4.69, 9.17) is 0 Å². The molecule has 2 rings (SSSR count). The van der Waals surface area contributed by atoms with Gasteiger partial charge < -0.3 is 4.90 Å². The first-order chi connectivity index (χ1) is 10.9. The largest absolute Gasteiger partial charge is 0.339 e. The third-order valence-corrected chi connectivity index (χ3v) is 4.95. The maximum atomic E-state index is 13.8. The standard InChI is InChI=1S/C18H20FNO2S/c1-12-8-10-17(23-12)16(21)9-11-18(22)20(3)13(2)14-6-4-5-7-15(14)19/h4-8,10,13H,9,11H2,1-3H3. The highest BCUT2D eigenvalue weighted by atomic mass is 32.1. The van der Waals surface area contributed by atoms with Crippen LogP contribution in [0.2, 0.25) is 0 Å². The SMILES string of the molecule is Cc1ccc(C(=O)CCC(=O)N(C)C(C)c2ccccc2F)s1. The van der Waals surface area contributed by atoms with Crippen molar-refractivity contribution in [2.45, 2.75) is 32.7 Å². The molecule has 0 fully saturated rings. The maximum Gasteiger partial charge on any atom is 0.223 e. The number of rotatable bonds is 6. The van der Waals surface area contributed by atoms with Gasteiger partial charge in [0.25, 0.3) is 0 Å². The number of nitrogens with zero attached hydrogens (tertiary/aromatic N) is 1. The summed E-state index contributed by atoms with van der Waals surface area (Å²) in [6.45, 7) is 3.72. The molecular formula is C18H20FNO2S. The van der Waals surface area contributed by atoms with E-state index in [9.17, 15) is 14.0 Å². The van der Waals surface area contributed by atoms with Gasteiger partial charge in [-0.15, -0.1) is 11.3 Å². The molecule has 1 heterocycles. The first kappa shape index (κ1) is 17.3. The van der Waals surface area contributed by atoms with Crippen LogP contribution in [0, 0.1) is 12.7 Å². The number of ketones is 1. The minimum absolute atomic E-state index is 0.0246. The molecular weight excluding hydrogens is 313 g/mol. The van der Waals surface area contributed by atoms with Gasteiger partial charge in [-0.2, -0.15) is 0 Å². The summed E-state index contributed by atoms with van der Waals surface area (Å²) >= 11 is 1.44. The van der Waals surface area contributed by atoms with E-state index in [1.54, 1.807) is 38.2 Å². The van der Waals surface area contributed by atoms with Gasteiger partial charge in [-0.3, -0.25) is 9.59 Å². The smallest absolute Gasteiger partial charge is 0.223 e. The van der Waals surface area contributed by atoms with Gasteiger partial charge in [0.15, 0.2) is 5.78 Å². The Balaban J connectivity index is 1.95. The lowest BCUT2D eigenvalue weighted by molar-refractivity contribution is -0.131. The third kappa shape index (κ3) is 4.26. The van der Waals surface area contributed by atoms with Gasteiger partial charge in [0, 0.05) is 30.3 Å². The molecule has 0 aliphatic rings. The highest BCUT2D eigenvalue weighted by Crippen LogP contribution is 2.23. The number of halogens is 1. The second-order valence-corrected chi connectivity index (χ2v) is 6.82. The van der Waals surface area contributed by atoms with E-state index in [-0.39, 0.29) is 36.4 Å². The van der Waals surface area contributed by atoms with Gasteiger partial charge >= 0.3 is 0 Å². The zero-order valence-electron chi connectivity index (χ0n) is 13.5. The zero-order chi connectivity index (χ0) is 17.0. The lowest BCUT2D eigenvalue weighted by atomic mass is 10.1. The number of amides is 1. The van der Waals surface area contributed by atoms with E-state index in [1.165, 1.54) is 22.3 Å². The highest BCUT2D eigenvalue weighted by molar-refractivity contribution is 7.14. The summed E-state index contributed by atoms with van der Waals surface area (Å²) in [4.78, 5) is 27.6. The van der Waals surface area contributed by atoms with Crippen LogP contribution < -0.4 is 0 Å². The van der Waals surface area contributed by atoms with Gasteiger partial charge in [0.1, 0.15) is 5.82 Å². The van der Waals surface area contributed by atoms with Crippen molar-refractivity contribution in [3.8, 4) is 0 Å². The molecule has 0 bridgehead atoms. The first-order valence-electron chi connectivity index (χ1n) is 7.50. The van der Waals surface area contributed by atoms with Crippen LogP contribution in [-0.4, -0.2) is 23.6 Å². The van der Waals surface area contributed by atoms with Crippen molar-refractivity contribution in [1.29, 1.82) is 0 Å². The molecule has 23 heavy (non-hydrogen) atoms. The van der Waals surface area contributed by atoms with Crippen LogP contribution in [0.25, 0.3) is 0 Å². The zero-order valence-corrected chi connectivity index (χ0v) is 14.3. The van der Waals surface area contributed by atoms with E-state index in [0.29, 0.717) is 10.4 Å². The molecule has 0 spiro atoms. The minimum atomic E-state index is -0.372. The number of thiophene rings is 1. The molecule has 1 aromatic carbocycles.